The second kappa shape index (κ2) is 3.04. The number of pyridine rings is 1. The number of hydrogen-bond acceptors (Lipinski definition) is 3. The lowest BCUT2D eigenvalue weighted by molar-refractivity contribution is 0.0992. The Morgan fingerprint density at radius 2 is 2.27 bits per heavy atom. The van der Waals surface area contributed by atoms with Crippen LogP contribution in [0.1, 0.15) is 10.5 Å². The molecule has 0 aliphatic rings. The molecule has 4 nitrogen and oxygen atoms in total. The highest BCUT2D eigenvalue weighted by Gasteiger charge is 2.08. The van der Waals surface area contributed by atoms with Gasteiger partial charge < -0.3 is 10.8 Å². The maximum atomic E-state index is 10.6. The smallest absolute Gasteiger partial charge is 0.271 e. The number of nitrogens with zero attached hydrogens (tertiary/aromatic N) is 1. The van der Waals surface area contributed by atoms with Crippen molar-refractivity contribution in [2.45, 2.75) is 0 Å². The van der Waals surface area contributed by atoms with Crippen molar-refractivity contribution in [2.75, 3.05) is 0 Å². The fourth-order valence-electron chi connectivity index (χ4n) is 0.609. The zero-order chi connectivity index (χ0) is 8.43. The SMILES string of the molecule is NC(=O)c1nc(I)ccc1O. The van der Waals surface area contributed by atoms with Gasteiger partial charge in [-0.05, 0) is 34.7 Å². The Morgan fingerprint density at radius 1 is 1.64 bits per heavy atom. The third-order valence-corrected chi connectivity index (χ3v) is 1.67. The van der Waals surface area contributed by atoms with Gasteiger partial charge in [0.25, 0.3) is 5.91 Å². The highest BCUT2D eigenvalue weighted by Crippen LogP contribution is 2.14. The van der Waals surface area contributed by atoms with Gasteiger partial charge in [-0.15, -0.1) is 0 Å². The first-order chi connectivity index (χ1) is 5.11. The molecule has 1 aromatic heterocycles. The van der Waals surface area contributed by atoms with Crippen molar-refractivity contribution in [2.24, 2.45) is 5.73 Å². The molecule has 0 radical (unpaired) electrons. The standard InChI is InChI=1S/C6H5IN2O2/c7-4-2-1-3(10)5(9-4)6(8)11/h1-2,10H,(H2,8,11). The molecule has 11 heavy (non-hydrogen) atoms. The van der Waals surface area contributed by atoms with Gasteiger partial charge in [-0.3, -0.25) is 4.79 Å². The zero-order valence-electron chi connectivity index (χ0n) is 5.41. The van der Waals surface area contributed by atoms with E-state index in [1.165, 1.54) is 6.07 Å². The van der Waals surface area contributed by atoms with Gasteiger partial charge >= 0.3 is 0 Å². The normalized spacial score (nSPS) is 9.55. The van der Waals surface area contributed by atoms with Crippen molar-refractivity contribution in [3.63, 3.8) is 0 Å². The van der Waals surface area contributed by atoms with Gasteiger partial charge in [-0.1, -0.05) is 0 Å². The van der Waals surface area contributed by atoms with Gasteiger partial charge in [0.1, 0.15) is 9.45 Å². The van der Waals surface area contributed by atoms with Crippen molar-refractivity contribution in [1.82, 2.24) is 4.98 Å². The average molecular weight is 264 g/mol. The van der Waals surface area contributed by atoms with Crippen LogP contribution in [0.25, 0.3) is 0 Å². The molecule has 0 bridgehead atoms. The molecule has 1 heterocycles. The topological polar surface area (TPSA) is 76.2 Å². The molecule has 1 rings (SSSR count). The van der Waals surface area contributed by atoms with Gasteiger partial charge in [-0.25, -0.2) is 4.98 Å². The summed E-state index contributed by atoms with van der Waals surface area (Å²) in [4.78, 5) is 14.3. The number of primary amides is 1. The zero-order valence-corrected chi connectivity index (χ0v) is 7.57. The molecule has 0 aliphatic carbocycles. The van der Waals surface area contributed by atoms with Crippen LogP contribution in [0, 0.1) is 3.70 Å². The number of carbonyl (C=O) groups is 1. The number of carbonyl (C=O) groups excluding carboxylic acids is 1. The fraction of sp³-hybridized carbons (Fsp3) is 0. The fourth-order valence-corrected chi connectivity index (χ4v) is 1.03. The summed E-state index contributed by atoms with van der Waals surface area (Å²) < 4.78 is 0.620. The number of rotatable bonds is 1. The number of amides is 1. The van der Waals surface area contributed by atoms with Crippen LogP contribution in [0.15, 0.2) is 12.1 Å². The van der Waals surface area contributed by atoms with Crippen LogP contribution in [0.2, 0.25) is 0 Å². The second-order valence-electron chi connectivity index (χ2n) is 1.87. The predicted molar refractivity (Wildman–Crippen MR) is 47.1 cm³/mol. The van der Waals surface area contributed by atoms with Crippen LogP contribution in [0.5, 0.6) is 5.75 Å². The summed E-state index contributed by atoms with van der Waals surface area (Å²) in [5.41, 5.74) is 4.83. The molecular formula is C6H5IN2O2. The van der Waals surface area contributed by atoms with E-state index in [-0.39, 0.29) is 11.4 Å². The van der Waals surface area contributed by atoms with Gasteiger partial charge in [0, 0.05) is 0 Å². The highest BCUT2D eigenvalue weighted by molar-refractivity contribution is 14.1. The quantitative estimate of drug-likeness (QED) is 0.572. The third kappa shape index (κ3) is 1.79. The van der Waals surface area contributed by atoms with Gasteiger partial charge in [0.05, 0.1) is 0 Å². The lowest BCUT2D eigenvalue weighted by atomic mass is 10.3. The minimum absolute atomic E-state index is 0.0862. The summed E-state index contributed by atoms with van der Waals surface area (Å²) in [5, 5.41) is 9.04. The van der Waals surface area contributed by atoms with Crippen LogP contribution in [0.3, 0.4) is 0 Å². The van der Waals surface area contributed by atoms with E-state index >= 15 is 0 Å². The first-order valence-electron chi connectivity index (χ1n) is 2.76. The molecule has 0 saturated carbocycles. The van der Waals surface area contributed by atoms with E-state index in [4.69, 9.17) is 10.8 Å². The summed E-state index contributed by atoms with van der Waals surface area (Å²) in [6.45, 7) is 0. The Morgan fingerprint density at radius 3 is 2.73 bits per heavy atom. The summed E-state index contributed by atoms with van der Waals surface area (Å²) in [6, 6.07) is 2.97. The minimum atomic E-state index is -0.721. The van der Waals surface area contributed by atoms with Gasteiger partial charge in [0.15, 0.2) is 5.69 Å². The average Bonchev–Trinajstić information content (AvgIpc) is 1.94. The molecule has 0 aromatic carbocycles. The first-order valence-corrected chi connectivity index (χ1v) is 3.84. The number of aromatic nitrogens is 1. The van der Waals surface area contributed by atoms with E-state index in [0.717, 1.165) is 0 Å². The first kappa shape index (κ1) is 8.25. The molecule has 5 heteroatoms. The summed E-state index contributed by atoms with van der Waals surface area (Å²) in [6.07, 6.45) is 0. The maximum Gasteiger partial charge on any atom is 0.271 e. The van der Waals surface area contributed by atoms with Crippen molar-refractivity contribution >= 4 is 28.5 Å². The molecule has 0 aliphatic heterocycles. The number of nitrogens with two attached hydrogens (primary N) is 1. The van der Waals surface area contributed by atoms with E-state index in [0.29, 0.717) is 3.70 Å². The molecule has 0 unspecified atom stereocenters. The Kier molecular flexibility index (Phi) is 2.28. The van der Waals surface area contributed by atoms with E-state index in [9.17, 15) is 4.79 Å². The third-order valence-electron chi connectivity index (χ3n) is 1.07. The van der Waals surface area contributed by atoms with Crippen LogP contribution >= 0.6 is 22.6 Å². The molecular weight excluding hydrogens is 259 g/mol. The Balaban J connectivity index is 3.23. The molecule has 1 amide bonds. The molecule has 0 spiro atoms. The van der Waals surface area contributed by atoms with Crippen LogP contribution in [0.4, 0.5) is 0 Å². The van der Waals surface area contributed by atoms with Gasteiger partial charge in [0.2, 0.25) is 0 Å². The molecule has 58 valence electrons. The molecule has 0 saturated heterocycles. The Bertz CT molecular complexity index is 301. The lowest BCUT2D eigenvalue weighted by Gasteiger charge is -1.97. The van der Waals surface area contributed by atoms with Crippen molar-refractivity contribution < 1.29 is 9.90 Å². The van der Waals surface area contributed by atoms with Crippen molar-refractivity contribution in [3.8, 4) is 5.75 Å². The van der Waals surface area contributed by atoms with Crippen LogP contribution < -0.4 is 5.73 Å². The summed E-state index contributed by atoms with van der Waals surface area (Å²) in [5.74, 6) is -0.904. The maximum absolute atomic E-state index is 10.6. The largest absolute Gasteiger partial charge is 0.505 e. The Labute approximate surface area is 76.6 Å². The lowest BCUT2D eigenvalue weighted by Crippen LogP contribution is -2.13. The monoisotopic (exact) mass is 264 g/mol. The summed E-state index contributed by atoms with van der Waals surface area (Å²) >= 11 is 1.93. The predicted octanol–water partition coefficient (Wildman–Crippen LogP) is 0.491. The minimum Gasteiger partial charge on any atom is -0.505 e. The molecule has 0 fully saturated rings. The van der Waals surface area contributed by atoms with Crippen molar-refractivity contribution in [3.05, 3.63) is 21.5 Å². The highest BCUT2D eigenvalue weighted by atomic mass is 127. The van der Waals surface area contributed by atoms with Crippen LogP contribution in [-0.2, 0) is 0 Å². The summed E-state index contributed by atoms with van der Waals surface area (Å²) in [7, 11) is 0. The van der Waals surface area contributed by atoms with E-state index < -0.39 is 5.91 Å². The van der Waals surface area contributed by atoms with E-state index in [1.54, 1.807) is 6.07 Å². The Hall–Kier alpha value is -0.850. The van der Waals surface area contributed by atoms with Crippen molar-refractivity contribution in [1.29, 1.82) is 0 Å². The van der Waals surface area contributed by atoms with E-state index in [2.05, 4.69) is 4.98 Å². The number of halogens is 1. The molecule has 1 aromatic rings. The number of hydrogen-bond donors (Lipinski definition) is 2. The van der Waals surface area contributed by atoms with Gasteiger partial charge in [-0.2, -0.15) is 0 Å². The van der Waals surface area contributed by atoms with E-state index in [1.807, 2.05) is 22.6 Å². The number of aromatic hydroxyl groups is 1. The second-order valence-corrected chi connectivity index (χ2v) is 2.97. The molecule has 3 N–H and O–H groups in total. The van der Waals surface area contributed by atoms with Crippen LogP contribution in [-0.4, -0.2) is 16.0 Å². The molecule has 0 atom stereocenters.